The van der Waals surface area contributed by atoms with Crippen molar-refractivity contribution in [1.82, 2.24) is 9.38 Å². The summed E-state index contributed by atoms with van der Waals surface area (Å²) in [6, 6.07) is 9.71. The van der Waals surface area contributed by atoms with Crippen LogP contribution in [0.3, 0.4) is 0 Å². The van der Waals surface area contributed by atoms with Gasteiger partial charge in [-0.2, -0.15) is 5.26 Å². The molecule has 0 bridgehead atoms. The molecule has 2 aromatic heterocycles. The molecular weight excluding hydrogens is 351 g/mol. The van der Waals surface area contributed by atoms with Gasteiger partial charge in [0.1, 0.15) is 5.82 Å². The van der Waals surface area contributed by atoms with E-state index in [1.165, 1.54) is 40.0 Å². The Hall–Kier alpha value is -2.98. The van der Waals surface area contributed by atoms with Crippen LogP contribution in [0.5, 0.6) is 0 Å². The summed E-state index contributed by atoms with van der Waals surface area (Å²) in [5.41, 5.74) is 2.03. The molecule has 0 fully saturated rings. The number of hydrogen-bond donors (Lipinski definition) is 0. The molecule has 0 amide bonds. The monoisotopic (exact) mass is 368 g/mol. The maximum absolute atomic E-state index is 13.1. The van der Waals surface area contributed by atoms with E-state index in [0.29, 0.717) is 29.4 Å². The molecule has 3 aromatic rings. The lowest BCUT2D eigenvalue weighted by Gasteiger charge is -2.22. The van der Waals surface area contributed by atoms with Crippen LogP contribution in [0.4, 0.5) is 10.1 Å². The number of nitrogens with zero attached hydrogens (tertiary/aromatic N) is 4. The molecule has 26 heavy (non-hydrogen) atoms. The predicted molar refractivity (Wildman–Crippen MR) is 102 cm³/mol. The maximum Gasteiger partial charge on any atom is 0.259 e. The van der Waals surface area contributed by atoms with Gasteiger partial charge in [-0.25, -0.2) is 9.37 Å². The largest absolute Gasteiger partial charge is 0.366 e. The summed E-state index contributed by atoms with van der Waals surface area (Å²) >= 11 is 1.41. The molecular formula is C19H17FN4OS. The highest BCUT2D eigenvalue weighted by Gasteiger charge is 2.13. The molecule has 132 valence electrons. The molecule has 0 saturated carbocycles. The van der Waals surface area contributed by atoms with Crippen molar-refractivity contribution in [3.8, 4) is 6.07 Å². The number of allylic oxidation sites excluding steroid dienone is 1. The topological polar surface area (TPSA) is 61.4 Å². The minimum atomic E-state index is -0.283. The van der Waals surface area contributed by atoms with Gasteiger partial charge in [-0.05, 0) is 44.2 Å². The van der Waals surface area contributed by atoms with Gasteiger partial charge in [0.05, 0.1) is 24.0 Å². The zero-order chi connectivity index (χ0) is 18.7. The van der Waals surface area contributed by atoms with Gasteiger partial charge < -0.3 is 4.90 Å². The highest BCUT2D eigenvalue weighted by Crippen LogP contribution is 2.22. The average molecular weight is 368 g/mol. The molecule has 1 aromatic carbocycles. The Balaban J connectivity index is 1.98. The fourth-order valence-electron chi connectivity index (χ4n) is 2.77. The number of hydrogen-bond acceptors (Lipinski definition) is 5. The third-order valence-electron chi connectivity index (χ3n) is 4.03. The Morgan fingerprint density at radius 3 is 2.77 bits per heavy atom. The van der Waals surface area contributed by atoms with E-state index >= 15 is 0 Å². The second-order valence-corrected chi connectivity index (χ2v) is 6.88. The zero-order valence-corrected chi connectivity index (χ0v) is 15.3. The molecule has 0 N–H and O–H groups in total. The molecule has 0 aliphatic rings. The van der Waals surface area contributed by atoms with Crippen molar-refractivity contribution in [1.29, 1.82) is 5.26 Å². The minimum Gasteiger partial charge on any atom is -0.366 e. The first kappa shape index (κ1) is 17.8. The van der Waals surface area contributed by atoms with Gasteiger partial charge in [0, 0.05) is 29.3 Å². The second-order valence-electron chi connectivity index (χ2n) is 5.70. The van der Waals surface area contributed by atoms with Crippen LogP contribution in [0.1, 0.15) is 23.2 Å². The molecule has 0 unspecified atom stereocenters. The number of aromatic nitrogens is 2. The quantitative estimate of drug-likeness (QED) is 0.643. The fourth-order valence-corrected chi connectivity index (χ4v) is 3.75. The van der Waals surface area contributed by atoms with Crippen LogP contribution >= 0.6 is 11.3 Å². The summed E-state index contributed by atoms with van der Waals surface area (Å²) in [6.45, 7) is 5.04. The first-order chi connectivity index (χ1) is 12.5. The Bertz CT molecular complexity index is 1060. The second kappa shape index (κ2) is 7.50. The lowest BCUT2D eigenvalue weighted by atomic mass is 10.2. The Morgan fingerprint density at radius 2 is 2.12 bits per heavy atom. The first-order valence-electron chi connectivity index (χ1n) is 8.12. The molecule has 0 aliphatic carbocycles. The summed E-state index contributed by atoms with van der Waals surface area (Å²) in [5, 5.41) is 8.73. The van der Waals surface area contributed by atoms with Crippen molar-refractivity contribution in [3.05, 3.63) is 68.8 Å². The molecule has 0 spiro atoms. The highest BCUT2D eigenvalue weighted by molar-refractivity contribution is 7.17. The van der Waals surface area contributed by atoms with E-state index < -0.39 is 0 Å². The summed E-state index contributed by atoms with van der Waals surface area (Å²) in [7, 11) is 0. The number of fused-ring (bicyclic) bond motifs is 1. The molecule has 0 saturated heterocycles. The number of thiazole rings is 1. The first-order valence-corrected chi connectivity index (χ1v) is 8.94. The number of benzene rings is 1. The SMILES string of the molecule is CCN(Cc1cc(=O)n2c(/C=C/C#N)c(C)sc2n1)c1ccc(F)cc1. The van der Waals surface area contributed by atoms with Crippen molar-refractivity contribution in [2.45, 2.75) is 20.4 Å². The van der Waals surface area contributed by atoms with Crippen LogP contribution in [0.25, 0.3) is 11.0 Å². The van der Waals surface area contributed by atoms with Crippen LogP contribution in [-0.2, 0) is 6.54 Å². The van der Waals surface area contributed by atoms with Gasteiger partial charge in [0.2, 0.25) is 0 Å². The summed E-state index contributed by atoms with van der Waals surface area (Å²) in [6.07, 6.45) is 2.97. The standard InChI is InChI=1S/C19H17FN4OS/c1-3-23(16-8-6-14(20)7-9-16)12-15-11-18(25)24-17(5-4-10-21)13(2)26-19(24)22-15/h4-9,11H,3,12H2,1-2H3/b5-4+. The van der Waals surface area contributed by atoms with Gasteiger partial charge in [-0.1, -0.05) is 0 Å². The summed E-state index contributed by atoms with van der Waals surface area (Å²) in [5.74, 6) is -0.283. The van der Waals surface area contributed by atoms with Gasteiger partial charge in [-0.15, -0.1) is 11.3 Å². The number of halogens is 1. The van der Waals surface area contributed by atoms with Crippen molar-refractivity contribution in [2.75, 3.05) is 11.4 Å². The van der Waals surface area contributed by atoms with Crippen molar-refractivity contribution < 1.29 is 4.39 Å². The van der Waals surface area contributed by atoms with Crippen LogP contribution in [0.2, 0.25) is 0 Å². The van der Waals surface area contributed by atoms with E-state index in [-0.39, 0.29) is 11.4 Å². The van der Waals surface area contributed by atoms with E-state index in [2.05, 4.69) is 4.98 Å². The maximum atomic E-state index is 13.1. The van der Waals surface area contributed by atoms with Crippen molar-refractivity contribution in [3.63, 3.8) is 0 Å². The van der Waals surface area contributed by atoms with E-state index in [0.717, 1.165) is 10.6 Å². The molecule has 0 atom stereocenters. The molecule has 0 aliphatic heterocycles. The lowest BCUT2D eigenvalue weighted by molar-refractivity contribution is 0.627. The Kier molecular flexibility index (Phi) is 5.14. The third-order valence-corrected chi connectivity index (χ3v) is 5.00. The van der Waals surface area contributed by atoms with E-state index in [1.807, 2.05) is 24.8 Å². The van der Waals surface area contributed by atoms with Crippen LogP contribution < -0.4 is 10.5 Å². The smallest absolute Gasteiger partial charge is 0.259 e. The van der Waals surface area contributed by atoms with Gasteiger partial charge in [0.15, 0.2) is 4.96 Å². The van der Waals surface area contributed by atoms with Gasteiger partial charge in [-0.3, -0.25) is 9.20 Å². The van der Waals surface area contributed by atoms with Gasteiger partial charge in [0.25, 0.3) is 5.56 Å². The van der Waals surface area contributed by atoms with Crippen molar-refractivity contribution >= 4 is 28.1 Å². The molecule has 7 heteroatoms. The fraction of sp³-hybridized carbons (Fsp3) is 0.211. The number of aryl methyl sites for hydroxylation is 1. The normalized spacial score (nSPS) is 11.2. The number of rotatable bonds is 5. The van der Waals surface area contributed by atoms with E-state index in [1.54, 1.807) is 18.2 Å². The Morgan fingerprint density at radius 1 is 1.38 bits per heavy atom. The lowest BCUT2D eigenvalue weighted by Crippen LogP contribution is -2.24. The minimum absolute atomic E-state index is 0.179. The summed E-state index contributed by atoms with van der Waals surface area (Å²) < 4.78 is 14.7. The van der Waals surface area contributed by atoms with E-state index in [4.69, 9.17) is 5.26 Å². The molecule has 0 radical (unpaired) electrons. The number of nitriles is 1. The van der Waals surface area contributed by atoms with E-state index in [9.17, 15) is 9.18 Å². The van der Waals surface area contributed by atoms with Crippen molar-refractivity contribution in [2.24, 2.45) is 0 Å². The molecule has 3 rings (SSSR count). The molecule has 5 nitrogen and oxygen atoms in total. The van der Waals surface area contributed by atoms with Gasteiger partial charge >= 0.3 is 0 Å². The molecule has 2 heterocycles. The predicted octanol–water partition coefficient (Wildman–Crippen LogP) is 3.77. The number of anilines is 1. The van der Waals surface area contributed by atoms with Crippen LogP contribution in [0, 0.1) is 24.1 Å². The zero-order valence-electron chi connectivity index (χ0n) is 14.4. The Labute approximate surface area is 154 Å². The summed E-state index contributed by atoms with van der Waals surface area (Å²) in [4.78, 5) is 20.7. The average Bonchev–Trinajstić information content (AvgIpc) is 2.94. The highest BCUT2D eigenvalue weighted by atomic mass is 32.1. The van der Waals surface area contributed by atoms with Crippen LogP contribution in [-0.4, -0.2) is 15.9 Å². The van der Waals surface area contributed by atoms with Crippen LogP contribution in [0.15, 0.2) is 41.2 Å². The third kappa shape index (κ3) is 3.51.